The van der Waals surface area contributed by atoms with Gasteiger partial charge in [-0.05, 0) is 37.2 Å². The predicted molar refractivity (Wildman–Crippen MR) is 115 cm³/mol. The Labute approximate surface area is 177 Å². The van der Waals surface area contributed by atoms with E-state index in [2.05, 4.69) is 22.2 Å². The van der Waals surface area contributed by atoms with E-state index in [9.17, 15) is 14.4 Å². The number of methoxy groups -OCH3 is 1. The van der Waals surface area contributed by atoms with Crippen LogP contribution in [0, 0.1) is 5.92 Å². The van der Waals surface area contributed by atoms with Gasteiger partial charge in [0.2, 0.25) is 5.91 Å². The van der Waals surface area contributed by atoms with Crippen molar-refractivity contribution in [1.29, 1.82) is 0 Å². The topological polar surface area (TPSA) is 101 Å². The Morgan fingerprint density at radius 1 is 1.45 bits per heavy atom. The van der Waals surface area contributed by atoms with Crippen molar-refractivity contribution in [2.45, 2.75) is 51.1 Å². The Hall–Kier alpha value is -2.13. The van der Waals surface area contributed by atoms with E-state index in [-0.39, 0.29) is 17.2 Å². The van der Waals surface area contributed by atoms with Crippen LogP contribution in [0.2, 0.25) is 0 Å². The summed E-state index contributed by atoms with van der Waals surface area (Å²) in [5.74, 6) is -0.0318. The number of nitrogens with one attached hydrogen (secondary N) is 2. The number of thioether (sulfide) groups is 1. The maximum absolute atomic E-state index is 12.5. The molecule has 0 bridgehead atoms. The van der Waals surface area contributed by atoms with E-state index in [0.29, 0.717) is 33.8 Å². The van der Waals surface area contributed by atoms with Gasteiger partial charge in [-0.25, -0.2) is 9.78 Å². The van der Waals surface area contributed by atoms with Gasteiger partial charge in [-0.15, -0.1) is 11.3 Å². The number of ether oxygens (including phenoxy) is 1. The number of amides is 1. The van der Waals surface area contributed by atoms with Gasteiger partial charge in [-0.1, -0.05) is 32.0 Å². The highest BCUT2D eigenvalue weighted by Crippen LogP contribution is 2.40. The predicted octanol–water partition coefficient (Wildman–Crippen LogP) is 3.43. The SMILES string of the molecule is CCCc1cc(=O)[nH]c(SCC(=O)Nc2sc3c(c2C(=O)OC)CCC(C)C3)n1. The lowest BCUT2D eigenvalue weighted by Crippen LogP contribution is -2.18. The number of aromatic nitrogens is 2. The van der Waals surface area contributed by atoms with E-state index in [1.165, 1.54) is 36.3 Å². The van der Waals surface area contributed by atoms with Crippen molar-refractivity contribution in [1.82, 2.24) is 9.97 Å². The molecule has 156 valence electrons. The Kier molecular flexibility index (Phi) is 7.13. The molecule has 0 radical (unpaired) electrons. The lowest BCUT2D eigenvalue weighted by atomic mass is 9.88. The molecular formula is C20H25N3O4S2. The summed E-state index contributed by atoms with van der Waals surface area (Å²) in [4.78, 5) is 44.8. The van der Waals surface area contributed by atoms with Crippen LogP contribution in [0.3, 0.4) is 0 Å². The van der Waals surface area contributed by atoms with Crippen LogP contribution in [-0.2, 0) is 28.8 Å². The van der Waals surface area contributed by atoms with Crippen molar-refractivity contribution in [2.75, 3.05) is 18.2 Å². The second-order valence-electron chi connectivity index (χ2n) is 7.18. The minimum Gasteiger partial charge on any atom is -0.465 e. The molecule has 7 nitrogen and oxygen atoms in total. The van der Waals surface area contributed by atoms with Crippen LogP contribution in [0.1, 0.15) is 53.2 Å². The Morgan fingerprint density at radius 3 is 2.97 bits per heavy atom. The number of fused-ring (bicyclic) bond motifs is 1. The zero-order valence-corrected chi connectivity index (χ0v) is 18.4. The second-order valence-corrected chi connectivity index (χ2v) is 9.25. The number of carbonyl (C=O) groups excluding carboxylic acids is 2. The van der Waals surface area contributed by atoms with Crippen molar-refractivity contribution < 1.29 is 14.3 Å². The first-order valence-electron chi connectivity index (χ1n) is 9.67. The number of nitrogens with zero attached hydrogens (tertiary/aromatic N) is 1. The lowest BCUT2D eigenvalue weighted by Gasteiger charge is -2.18. The van der Waals surface area contributed by atoms with Crippen molar-refractivity contribution in [3.8, 4) is 0 Å². The first-order valence-corrected chi connectivity index (χ1v) is 11.5. The molecule has 0 aromatic carbocycles. The van der Waals surface area contributed by atoms with Gasteiger partial charge in [-0.3, -0.25) is 9.59 Å². The number of aromatic amines is 1. The summed E-state index contributed by atoms with van der Waals surface area (Å²) in [6.45, 7) is 4.21. The first-order chi connectivity index (χ1) is 13.9. The van der Waals surface area contributed by atoms with E-state index in [1.807, 2.05) is 6.92 Å². The first kappa shape index (κ1) is 21.6. The van der Waals surface area contributed by atoms with Crippen LogP contribution < -0.4 is 10.9 Å². The molecule has 1 unspecified atom stereocenters. The summed E-state index contributed by atoms with van der Waals surface area (Å²) in [5.41, 5.74) is 1.97. The number of carbonyl (C=O) groups is 2. The fraction of sp³-hybridized carbons (Fsp3) is 0.500. The number of rotatable bonds is 7. The molecule has 2 heterocycles. The molecule has 1 aliphatic rings. The highest BCUT2D eigenvalue weighted by molar-refractivity contribution is 7.99. The maximum Gasteiger partial charge on any atom is 0.341 e. The van der Waals surface area contributed by atoms with Gasteiger partial charge in [0.25, 0.3) is 5.56 Å². The fourth-order valence-electron chi connectivity index (χ4n) is 3.39. The average molecular weight is 436 g/mol. The smallest absolute Gasteiger partial charge is 0.341 e. The summed E-state index contributed by atoms with van der Waals surface area (Å²) in [6, 6.07) is 1.48. The van der Waals surface area contributed by atoms with Crippen molar-refractivity contribution in [3.05, 3.63) is 38.1 Å². The highest BCUT2D eigenvalue weighted by atomic mass is 32.2. The molecule has 2 aromatic heterocycles. The summed E-state index contributed by atoms with van der Waals surface area (Å²) >= 11 is 2.62. The van der Waals surface area contributed by atoms with E-state index in [4.69, 9.17) is 4.74 Å². The molecule has 0 saturated carbocycles. The van der Waals surface area contributed by atoms with E-state index >= 15 is 0 Å². The second kappa shape index (κ2) is 9.58. The molecule has 2 N–H and O–H groups in total. The molecule has 3 rings (SSSR count). The zero-order valence-electron chi connectivity index (χ0n) is 16.8. The van der Waals surface area contributed by atoms with Gasteiger partial charge in [0, 0.05) is 16.6 Å². The highest BCUT2D eigenvalue weighted by Gasteiger charge is 2.28. The van der Waals surface area contributed by atoms with Gasteiger partial charge < -0.3 is 15.0 Å². The van der Waals surface area contributed by atoms with Crippen LogP contribution in [0.15, 0.2) is 16.0 Å². The summed E-state index contributed by atoms with van der Waals surface area (Å²) in [7, 11) is 1.35. The number of aryl methyl sites for hydroxylation is 1. The molecule has 0 aliphatic heterocycles. The number of hydrogen-bond acceptors (Lipinski definition) is 7. The van der Waals surface area contributed by atoms with Crippen LogP contribution in [0.4, 0.5) is 5.00 Å². The Morgan fingerprint density at radius 2 is 2.24 bits per heavy atom. The standard InChI is InChI=1S/C20H25N3O4S2/c1-4-5-12-9-15(24)23-20(21-12)28-10-16(25)22-18-17(19(26)27-3)13-7-6-11(2)8-14(13)29-18/h9,11H,4-8,10H2,1-3H3,(H,22,25)(H,21,23,24). The van der Waals surface area contributed by atoms with Crippen molar-refractivity contribution in [2.24, 2.45) is 5.92 Å². The van der Waals surface area contributed by atoms with Gasteiger partial charge >= 0.3 is 5.97 Å². The molecule has 2 aromatic rings. The monoisotopic (exact) mass is 435 g/mol. The molecule has 1 atom stereocenters. The van der Waals surface area contributed by atoms with Gasteiger partial charge in [0.15, 0.2) is 5.16 Å². The number of H-pyrrole nitrogens is 1. The number of hydrogen-bond donors (Lipinski definition) is 2. The summed E-state index contributed by atoms with van der Waals surface area (Å²) in [5, 5.41) is 3.82. The zero-order chi connectivity index (χ0) is 21.0. The van der Waals surface area contributed by atoms with Crippen LogP contribution in [-0.4, -0.2) is 34.7 Å². The molecular weight excluding hydrogens is 410 g/mol. The molecule has 1 aliphatic carbocycles. The van der Waals surface area contributed by atoms with E-state index in [1.54, 1.807) is 0 Å². The average Bonchev–Trinajstić information content (AvgIpc) is 3.02. The minimum absolute atomic E-state index is 0.0814. The van der Waals surface area contributed by atoms with Crippen LogP contribution >= 0.6 is 23.1 Å². The van der Waals surface area contributed by atoms with Crippen LogP contribution in [0.5, 0.6) is 0 Å². The van der Waals surface area contributed by atoms with Gasteiger partial charge in [-0.2, -0.15) is 0 Å². The molecule has 0 fully saturated rings. The minimum atomic E-state index is -0.418. The maximum atomic E-state index is 12.5. The molecule has 1 amide bonds. The summed E-state index contributed by atoms with van der Waals surface area (Å²) in [6.07, 6.45) is 4.34. The lowest BCUT2D eigenvalue weighted by molar-refractivity contribution is -0.113. The van der Waals surface area contributed by atoms with Gasteiger partial charge in [0.05, 0.1) is 18.4 Å². The van der Waals surface area contributed by atoms with E-state index in [0.717, 1.165) is 36.1 Å². The summed E-state index contributed by atoms with van der Waals surface area (Å²) < 4.78 is 4.95. The van der Waals surface area contributed by atoms with Crippen molar-refractivity contribution >= 4 is 40.0 Å². The largest absolute Gasteiger partial charge is 0.465 e. The third-order valence-electron chi connectivity index (χ3n) is 4.77. The fourth-order valence-corrected chi connectivity index (χ4v) is 5.50. The number of anilines is 1. The van der Waals surface area contributed by atoms with Crippen LogP contribution in [0.25, 0.3) is 0 Å². The molecule has 0 spiro atoms. The van der Waals surface area contributed by atoms with Crippen molar-refractivity contribution in [3.63, 3.8) is 0 Å². The molecule has 9 heteroatoms. The number of thiophene rings is 1. The third kappa shape index (κ3) is 5.27. The molecule has 29 heavy (non-hydrogen) atoms. The molecule has 0 saturated heterocycles. The Balaban J connectivity index is 1.72. The quantitative estimate of drug-likeness (QED) is 0.393. The Bertz CT molecular complexity index is 967. The normalized spacial score (nSPS) is 15.6. The number of esters is 1. The third-order valence-corrected chi connectivity index (χ3v) is 6.82. The van der Waals surface area contributed by atoms with Gasteiger partial charge in [0.1, 0.15) is 5.00 Å². The van der Waals surface area contributed by atoms with E-state index < -0.39 is 5.97 Å².